The number of carbonyl (C=O) groups is 1. The standard InChI is InChI=1S/C9H13NO2S/c1-7(10-8(2)11)5-12-9-3-4-13-6-9/h3-4,6-7H,5H2,1-2H3,(H,10,11)/t7-/m1/s1. The zero-order valence-electron chi connectivity index (χ0n) is 7.74. The average molecular weight is 199 g/mol. The van der Waals surface area contributed by atoms with Crippen molar-refractivity contribution in [3.05, 3.63) is 16.8 Å². The molecule has 0 aliphatic rings. The number of thiophene rings is 1. The third-order valence-electron chi connectivity index (χ3n) is 1.44. The normalized spacial score (nSPS) is 12.2. The minimum absolute atomic E-state index is 0.0265. The van der Waals surface area contributed by atoms with Gasteiger partial charge in [0.25, 0.3) is 0 Å². The number of amides is 1. The average Bonchev–Trinajstić information content (AvgIpc) is 2.51. The van der Waals surface area contributed by atoms with Crippen LogP contribution in [-0.2, 0) is 4.79 Å². The Balaban J connectivity index is 2.22. The monoisotopic (exact) mass is 199 g/mol. The minimum atomic E-state index is -0.0265. The molecule has 0 aromatic carbocycles. The van der Waals surface area contributed by atoms with E-state index in [4.69, 9.17) is 4.74 Å². The van der Waals surface area contributed by atoms with E-state index in [1.54, 1.807) is 11.3 Å². The lowest BCUT2D eigenvalue weighted by molar-refractivity contribution is -0.119. The first-order chi connectivity index (χ1) is 6.18. The van der Waals surface area contributed by atoms with Crippen molar-refractivity contribution < 1.29 is 9.53 Å². The van der Waals surface area contributed by atoms with Gasteiger partial charge in [-0.1, -0.05) is 0 Å². The van der Waals surface area contributed by atoms with Gasteiger partial charge in [-0.05, 0) is 18.4 Å². The molecule has 0 fully saturated rings. The summed E-state index contributed by atoms with van der Waals surface area (Å²) in [6, 6.07) is 1.96. The second kappa shape index (κ2) is 4.87. The third kappa shape index (κ3) is 3.94. The van der Waals surface area contributed by atoms with Crippen molar-refractivity contribution in [2.75, 3.05) is 6.61 Å². The summed E-state index contributed by atoms with van der Waals surface area (Å²) in [5, 5.41) is 6.63. The number of nitrogens with one attached hydrogen (secondary N) is 1. The molecule has 1 heterocycles. The summed E-state index contributed by atoms with van der Waals surface area (Å²) in [5.41, 5.74) is 0. The van der Waals surface area contributed by atoms with E-state index >= 15 is 0 Å². The number of rotatable bonds is 4. The highest BCUT2D eigenvalue weighted by atomic mass is 32.1. The van der Waals surface area contributed by atoms with E-state index in [0.29, 0.717) is 6.61 Å². The first-order valence-electron chi connectivity index (χ1n) is 4.10. The van der Waals surface area contributed by atoms with Crippen LogP contribution in [0.2, 0.25) is 0 Å². The Morgan fingerprint density at radius 3 is 3.08 bits per heavy atom. The highest BCUT2D eigenvalue weighted by Gasteiger charge is 2.03. The Bertz CT molecular complexity index is 259. The third-order valence-corrected chi connectivity index (χ3v) is 2.11. The van der Waals surface area contributed by atoms with Gasteiger partial charge < -0.3 is 10.1 Å². The van der Waals surface area contributed by atoms with E-state index in [2.05, 4.69) is 5.32 Å². The lowest BCUT2D eigenvalue weighted by Crippen LogP contribution is -2.35. The molecule has 0 spiro atoms. The van der Waals surface area contributed by atoms with Gasteiger partial charge in [0, 0.05) is 12.3 Å². The molecule has 0 bridgehead atoms. The van der Waals surface area contributed by atoms with E-state index in [1.807, 2.05) is 23.8 Å². The molecule has 1 rings (SSSR count). The summed E-state index contributed by atoms with van der Waals surface area (Å²) in [7, 11) is 0. The molecule has 0 aliphatic heterocycles. The Morgan fingerprint density at radius 1 is 1.77 bits per heavy atom. The van der Waals surface area contributed by atoms with Gasteiger partial charge in [0.2, 0.25) is 5.91 Å². The number of hydrogen-bond acceptors (Lipinski definition) is 3. The zero-order valence-corrected chi connectivity index (χ0v) is 8.56. The van der Waals surface area contributed by atoms with Crippen LogP contribution in [0, 0.1) is 0 Å². The molecule has 72 valence electrons. The maximum Gasteiger partial charge on any atom is 0.217 e. The van der Waals surface area contributed by atoms with Crippen LogP contribution in [0.25, 0.3) is 0 Å². The Morgan fingerprint density at radius 2 is 2.54 bits per heavy atom. The van der Waals surface area contributed by atoms with Crippen LogP contribution in [0.1, 0.15) is 13.8 Å². The molecule has 0 saturated heterocycles. The van der Waals surface area contributed by atoms with E-state index in [-0.39, 0.29) is 11.9 Å². The van der Waals surface area contributed by atoms with Crippen molar-refractivity contribution in [3.8, 4) is 5.75 Å². The van der Waals surface area contributed by atoms with Crippen LogP contribution in [0.3, 0.4) is 0 Å². The van der Waals surface area contributed by atoms with Gasteiger partial charge in [-0.2, -0.15) is 0 Å². The Kier molecular flexibility index (Phi) is 3.76. The van der Waals surface area contributed by atoms with Crippen LogP contribution in [0.4, 0.5) is 0 Å². The summed E-state index contributed by atoms with van der Waals surface area (Å²) in [6.45, 7) is 3.92. The highest BCUT2D eigenvalue weighted by Crippen LogP contribution is 2.14. The summed E-state index contributed by atoms with van der Waals surface area (Å²) in [4.78, 5) is 10.7. The van der Waals surface area contributed by atoms with E-state index in [1.165, 1.54) is 6.92 Å². The van der Waals surface area contributed by atoms with E-state index in [0.717, 1.165) is 5.75 Å². The van der Waals surface area contributed by atoms with Gasteiger partial charge in [0.15, 0.2) is 0 Å². The van der Waals surface area contributed by atoms with Crippen LogP contribution < -0.4 is 10.1 Å². The maximum atomic E-state index is 10.7. The molecule has 0 saturated carbocycles. The van der Waals surface area contributed by atoms with Crippen molar-refractivity contribution in [1.29, 1.82) is 0 Å². The molecule has 0 radical (unpaired) electrons. The predicted molar refractivity (Wildman–Crippen MR) is 53.1 cm³/mol. The molecule has 1 N–H and O–H groups in total. The molecule has 1 amide bonds. The van der Waals surface area contributed by atoms with Gasteiger partial charge in [0.05, 0.1) is 6.04 Å². The molecule has 3 nitrogen and oxygen atoms in total. The fourth-order valence-corrected chi connectivity index (χ4v) is 1.52. The fourth-order valence-electron chi connectivity index (χ4n) is 0.944. The van der Waals surface area contributed by atoms with Crippen molar-refractivity contribution in [3.63, 3.8) is 0 Å². The molecule has 0 unspecified atom stereocenters. The SMILES string of the molecule is CC(=O)N[C@H](C)COc1ccsc1. The molecule has 1 atom stereocenters. The molecular weight excluding hydrogens is 186 g/mol. The summed E-state index contributed by atoms with van der Waals surface area (Å²) >= 11 is 1.59. The van der Waals surface area contributed by atoms with Crippen molar-refractivity contribution >= 4 is 17.2 Å². The molecular formula is C9H13NO2S. The molecule has 0 aliphatic carbocycles. The van der Waals surface area contributed by atoms with Crippen molar-refractivity contribution in [2.24, 2.45) is 0 Å². The Labute approximate surface area is 81.7 Å². The lowest BCUT2D eigenvalue weighted by Gasteiger charge is -2.12. The molecule has 1 aromatic heterocycles. The molecule has 1 aromatic rings. The summed E-state index contributed by atoms with van der Waals surface area (Å²) in [5.74, 6) is 0.837. The van der Waals surface area contributed by atoms with Crippen LogP contribution >= 0.6 is 11.3 Å². The van der Waals surface area contributed by atoms with Gasteiger partial charge in [0.1, 0.15) is 12.4 Å². The first-order valence-corrected chi connectivity index (χ1v) is 5.05. The lowest BCUT2D eigenvalue weighted by atomic mass is 10.3. The van der Waals surface area contributed by atoms with Gasteiger partial charge in [-0.15, -0.1) is 11.3 Å². The van der Waals surface area contributed by atoms with Crippen LogP contribution in [0.15, 0.2) is 16.8 Å². The number of hydrogen-bond donors (Lipinski definition) is 1. The van der Waals surface area contributed by atoms with Gasteiger partial charge in [-0.3, -0.25) is 4.79 Å². The number of carbonyl (C=O) groups excluding carboxylic acids is 1. The van der Waals surface area contributed by atoms with Gasteiger partial charge >= 0.3 is 0 Å². The smallest absolute Gasteiger partial charge is 0.217 e. The summed E-state index contributed by atoms with van der Waals surface area (Å²) < 4.78 is 5.40. The van der Waals surface area contributed by atoms with E-state index in [9.17, 15) is 4.79 Å². The largest absolute Gasteiger partial charge is 0.491 e. The first kappa shape index (κ1) is 10.1. The minimum Gasteiger partial charge on any atom is -0.491 e. The molecule has 4 heteroatoms. The van der Waals surface area contributed by atoms with Crippen LogP contribution in [0.5, 0.6) is 5.75 Å². The second-order valence-electron chi connectivity index (χ2n) is 2.87. The Hall–Kier alpha value is -1.03. The topological polar surface area (TPSA) is 38.3 Å². The number of ether oxygens (including phenoxy) is 1. The predicted octanol–water partition coefficient (Wildman–Crippen LogP) is 1.65. The second-order valence-corrected chi connectivity index (χ2v) is 3.65. The highest BCUT2D eigenvalue weighted by molar-refractivity contribution is 7.08. The zero-order chi connectivity index (χ0) is 9.68. The summed E-state index contributed by atoms with van der Waals surface area (Å²) in [6.07, 6.45) is 0. The molecule has 13 heavy (non-hydrogen) atoms. The van der Waals surface area contributed by atoms with Crippen LogP contribution in [-0.4, -0.2) is 18.6 Å². The van der Waals surface area contributed by atoms with Crippen molar-refractivity contribution in [1.82, 2.24) is 5.32 Å². The van der Waals surface area contributed by atoms with E-state index < -0.39 is 0 Å². The fraction of sp³-hybridized carbons (Fsp3) is 0.444. The van der Waals surface area contributed by atoms with Crippen molar-refractivity contribution in [2.45, 2.75) is 19.9 Å². The maximum absolute atomic E-state index is 10.7. The quantitative estimate of drug-likeness (QED) is 0.800. The van der Waals surface area contributed by atoms with Gasteiger partial charge in [-0.25, -0.2) is 0 Å².